The standard InChI is InChI=1S/C8H4BrF3O3/c9-4-5(11)3(2(13)1-10)7(14)6(12)8(4)15/h14-15H,1H2. The lowest BCUT2D eigenvalue weighted by atomic mass is 10.1. The quantitative estimate of drug-likeness (QED) is 0.647. The van der Waals surface area contributed by atoms with Crippen molar-refractivity contribution in [3.05, 3.63) is 21.7 Å². The third kappa shape index (κ3) is 1.79. The summed E-state index contributed by atoms with van der Waals surface area (Å²) in [4.78, 5) is 10.8. The highest BCUT2D eigenvalue weighted by molar-refractivity contribution is 9.10. The maximum atomic E-state index is 13.2. The van der Waals surface area contributed by atoms with Crippen LogP contribution in [-0.2, 0) is 0 Å². The Morgan fingerprint density at radius 3 is 2.20 bits per heavy atom. The lowest BCUT2D eigenvalue weighted by Gasteiger charge is -2.08. The van der Waals surface area contributed by atoms with E-state index >= 15 is 0 Å². The first-order valence-electron chi connectivity index (χ1n) is 3.59. The molecule has 0 saturated heterocycles. The molecular weight excluding hydrogens is 281 g/mol. The maximum absolute atomic E-state index is 13.2. The third-order valence-corrected chi connectivity index (χ3v) is 2.40. The van der Waals surface area contributed by atoms with Gasteiger partial charge < -0.3 is 10.2 Å². The smallest absolute Gasteiger partial charge is 0.208 e. The number of halogens is 4. The lowest BCUT2D eigenvalue weighted by molar-refractivity contribution is 0.0950. The summed E-state index contributed by atoms with van der Waals surface area (Å²) in [6.07, 6.45) is 0. The number of carbonyl (C=O) groups is 1. The van der Waals surface area contributed by atoms with Crippen LogP contribution in [-0.4, -0.2) is 22.7 Å². The van der Waals surface area contributed by atoms with Gasteiger partial charge in [-0.25, -0.2) is 8.78 Å². The molecule has 0 heterocycles. The molecule has 0 unspecified atom stereocenters. The second kappa shape index (κ2) is 4.09. The van der Waals surface area contributed by atoms with Gasteiger partial charge in [-0.05, 0) is 15.9 Å². The Bertz CT molecular complexity index is 405. The molecule has 1 aromatic carbocycles. The molecule has 0 spiro atoms. The first kappa shape index (κ1) is 11.8. The van der Waals surface area contributed by atoms with Crippen LogP contribution in [0.15, 0.2) is 4.47 Å². The van der Waals surface area contributed by atoms with E-state index in [2.05, 4.69) is 15.9 Å². The average molecular weight is 285 g/mol. The van der Waals surface area contributed by atoms with Crippen molar-refractivity contribution in [1.29, 1.82) is 0 Å². The Morgan fingerprint density at radius 1 is 1.20 bits per heavy atom. The van der Waals surface area contributed by atoms with Gasteiger partial charge in [-0.1, -0.05) is 0 Å². The largest absolute Gasteiger partial charge is 0.504 e. The summed E-state index contributed by atoms with van der Waals surface area (Å²) in [5.74, 6) is -6.99. The van der Waals surface area contributed by atoms with Gasteiger partial charge in [-0.3, -0.25) is 4.79 Å². The minimum atomic E-state index is -1.58. The average Bonchev–Trinajstić information content (AvgIpc) is 2.23. The molecule has 0 aliphatic rings. The van der Waals surface area contributed by atoms with Crippen LogP contribution >= 0.6 is 15.9 Å². The number of hydrogen-bond donors (Lipinski definition) is 2. The number of ketones is 1. The van der Waals surface area contributed by atoms with Gasteiger partial charge in [0.15, 0.2) is 24.0 Å². The van der Waals surface area contributed by atoms with Crippen molar-refractivity contribution in [3.8, 4) is 11.5 Å². The molecule has 0 bridgehead atoms. The van der Waals surface area contributed by atoms with Crippen LogP contribution in [0, 0.1) is 11.6 Å². The van der Waals surface area contributed by atoms with Crippen molar-refractivity contribution in [2.24, 2.45) is 0 Å². The molecule has 82 valence electrons. The van der Waals surface area contributed by atoms with Gasteiger partial charge in [0.25, 0.3) is 0 Å². The molecule has 0 aliphatic heterocycles. The minimum absolute atomic E-state index is 0.741. The summed E-state index contributed by atoms with van der Waals surface area (Å²) < 4.78 is 37.4. The van der Waals surface area contributed by atoms with Gasteiger partial charge >= 0.3 is 0 Å². The molecule has 7 heteroatoms. The van der Waals surface area contributed by atoms with Crippen molar-refractivity contribution in [1.82, 2.24) is 0 Å². The van der Waals surface area contributed by atoms with Gasteiger partial charge in [0, 0.05) is 0 Å². The molecule has 0 saturated carbocycles. The Labute approximate surface area is 90.3 Å². The molecule has 0 fully saturated rings. The maximum Gasteiger partial charge on any atom is 0.208 e. The molecule has 1 aromatic rings. The zero-order valence-electron chi connectivity index (χ0n) is 7.02. The highest BCUT2D eigenvalue weighted by atomic mass is 79.9. The van der Waals surface area contributed by atoms with Gasteiger partial charge in [-0.15, -0.1) is 0 Å². The van der Waals surface area contributed by atoms with E-state index in [1.165, 1.54) is 0 Å². The monoisotopic (exact) mass is 284 g/mol. The molecular formula is C8H4BrF3O3. The first-order chi connectivity index (χ1) is 6.91. The number of Topliss-reactive ketones (excluding diaryl/α,β-unsaturated/α-hetero) is 1. The van der Waals surface area contributed by atoms with Crippen molar-refractivity contribution in [3.63, 3.8) is 0 Å². The van der Waals surface area contributed by atoms with E-state index in [0.29, 0.717) is 0 Å². The van der Waals surface area contributed by atoms with Crippen LogP contribution in [0.4, 0.5) is 13.2 Å². The lowest BCUT2D eigenvalue weighted by Crippen LogP contribution is -2.07. The summed E-state index contributed by atoms with van der Waals surface area (Å²) in [5.41, 5.74) is -1.13. The summed E-state index contributed by atoms with van der Waals surface area (Å²) in [7, 11) is 0. The number of phenols is 2. The first-order valence-corrected chi connectivity index (χ1v) is 4.38. The second-order valence-electron chi connectivity index (χ2n) is 2.57. The zero-order valence-corrected chi connectivity index (χ0v) is 8.61. The fourth-order valence-electron chi connectivity index (χ4n) is 0.957. The van der Waals surface area contributed by atoms with Crippen LogP contribution < -0.4 is 0 Å². The predicted molar refractivity (Wildman–Crippen MR) is 47.7 cm³/mol. The molecule has 1 rings (SSSR count). The SMILES string of the molecule is O=C(CF)c1c(O)c(F)c(O)c(Br)c1F. The molecule has 3 nitrogen and oxygen atoms in total. The number of benzene rings is 1. The van der Waals surface area contributed by atoms with E-state index < -0.39 is 45.6 Å². The van der Waals surface area contributed by atoms with Crippen LogP contribution in [0.25, 0.3) is 0 Å². The zero-order chi connectivity index (χ0) is 11.7. The van der Waals surface area contributed by atoms with Crippen LogP contribution in [0.3, 0.4) is 0 Å². The topological polar surface area (TPSA) is 57.5 Å². The second-order valence-corrected chi connectivity index (χ2v) is 3.36. The molecule has 0 aromatic heterocycles. The van der Waals surface area contributed by atoms with Crippen molar-refractivity contribution in [2.45, 2.75) is 0 Å². The van der Waals surface area contributed by atoms with Crippen LogP contribution in [0.2, 0.25) is 0 Å². The number of rotatable bonds is 2. The van der Waals surface area contributed by atoms with E-state index in [9.17, 15) is 18.0 Å². The normalized spacial score (nSPS) is 10.4. The fraction of sp³-hybridized carbons (Fsp3) is 0.125. The highest BCUT2D eigenvalue weighted by Gasteiger charge is 2.26. The highest BCUT2D eigenvalue weighted by Crippen LogP contribution is 2.38. The van der Waals surface area contributed by atoms with E-state index in [0.717, 1.165) is 0 Å². The fourth-order valence-corrected chi connectivity index (χ4v) is 1.33. The van der Waals surface area contributed by atoms with Crippen molar-refractivity contribution >= 4 is 21.7 Å². The van der Waals surface area contributed by atoms with E-state index in [-0.39, 0.29) is 0 Å². The Balaban J connectivity index is 3.60. The predicted octanol–water partition coefficient (Wildman–Crippen LogP) is 2.29. The summed E-state index contributed by atoms with van der Waals surface area (Å²) in [5, 5.41) is 17.9. The van der Waals surface area contributed by atoms with Crippen molar-refractivity contribution < 1.29 is 28.2 Å². The molecule has 0 amide bonds. The van der Waals surface area contributed by atoms with E-state index in [4.69, 9.17) is 10.2 Å². The Hall–Kier alpha value is -1.24. The number of phenolic OH excluding ortho intramolecular Hbond substituents is 2. The van der Waals surface area contributed by atoms with Gasteiger partial charge in [0.1, 0.15) is 5.56 Å². The number of hydrogen-bond acceptors (Lipinski definition) is 3. The number of aromatic hydroxyl groups is 2. The number of alkyl halides is 1. The molecule has 0 radical (unpaired) electrons. The summed E-state index contributed by atoms with van der Waals surface area (Å²) >= 11 is 2.46. The van der Waals surface area contributed by atoms with Crippen molar-refractivity contribution in [2.75, 3.05) is 6.67 Å². The van der Waals surface area contributed by atoms with Crippen LogP contribution in [0.5, 0.6) is 11.5 Å². The molecule has 2 N–H and O–H groups in total. The third-order valence-electron chi connectivity index (χ3n) is 1.67. The van der Waals surface area contributed by atoms with Gasteiger partial charge in [-0.2, -0.15) is 4.39 Å². The van der Waals surface area contributed by atoms with E-state index in [1.807, 2.05) is 0 Å². The molecule has 0 atom stereocenters. The molecule has 0 aliphatic carbocycles. The number of carbonyl (C=O) groups excluding carboxylic acids is 1. The minimum Gasteiger partial charge on any atom is -0.504 e. The summed E-state index contributed by atoms with van der Waals surface area (Å²) in [6.45, 7) is -1.58. The van der Waals surface area contributed by atoms with Gasteiger partial charge in [0.2, 0.25) is 11.6 Å². The van der Waals surface area contributed by atoms with Crippen LogP contribution in [0.1, 0.15) is 10.4 Å². The Kier molecular flexibility index (Phi) is 3.23. The Morgan fingerprint density at radius 2 is 1.73 bits per heavy atom. The van der Waals surface area contributed by atoms with E-state index in [1.54, 1.807) is 0 Å². The molecule has 15 heavy (non-hydrogen) atoms. The van der Waals surface area contributed by atoms with Gasteiger partial charge in [0.05, 0.1) is 4.47 Å². The summed E-state index contributed by atoms with van der Waals surface area (Å²) in [6, 6.07) is 0.